The largest absolute Gasteiger partial charge is 0.465 e. The average Bonchev–Trinajstić information content (AvgIpc) is 2.49. The maximum Gasteiger partial charge on any atom is 0.416 e. The van der Waals surface area contributed by atoms with Gasteiger partial charge in [-0.3, -0.25) is 4.79 Å². The number of hydrogen-bond donors (Lipinski definition) is 3. The molecule has 2 bridgehead atoms. The van der Waals surface area contributed by atoms with Crippen molar-refractivity contribution in [3.63, 3.8) is 0 Å². The number of rotatable bonds is 3. The Bertz CT molecular complexity index is 922. The lowest BCUT2D eigenvalue weighted by molar-refractivity contribution is -0.137. The third-order valence-electron chi connectivity index (χ3n) is 5.03. The fourth-order valence-corrected chi connectivity index (χ4v) is 4.01. The standard InChI is InChI=1S/C17H14F3N3O3/c18-17(19,20)10-2-4-11-9(5-10)1-3-12(21-11)13(24)22-15-6-16(7-15,8-15)23-14(25)26/h1-5,23H,6-8H2,(H,22,24)(H,25,26). The topological polar surface area (TPSA) is 91.3 Å². The minimum Gasteiger partial charge on any atom is -0.465 e. The predicted molar refractivity (Wildman–Crippen MR) is 84.7 cm³/mol. The highest BCUT2D eigenvalue weighted by atomic mass is 19.4. The van der Waals surface area contributed by atoms with Crippen LogP contribution >= 0.6 is 0 Å². The van der Waals surface area contributed by atoms with E-state index in [4.69, 9.17) is 5.11 Å². The zero-order valence-electron chi connectivity index (χ0n) is 13.4. The van der Waals surface area contributed by atoms with Gasteiger partial charge in [0.15, 0.2) is 0 Å². The highest BCUT2D eigenvalue weighted by molar-refractivity contribution is 5.95. The van der Waals surface area contributed by atoms with Crippen molar-refractivity contribution in [3.8, 4) is 0 Å². The Labute approximate surface area is 145 Å². The smallest absolute Gasteiger partial charge is 0.416 e. The molecule has 1 aromatic heterocycles. The molecule has 3 aliphatic rings. The van der Waals surface area contributed by atoms with Gasteiger partial charge in [0, 0.05) is 10.9 Å². The van der Waals surface area contributed by atoms with Gasteiger partial charge in [0.05, 0.1) is 16.6 Å². The molecular weight excluding hydrogens is 351 g/mol. The van der Waals surface area contributed by atoms with E-state index < -0.39 is 34.8 Å². The molecule has 2 aromatic rings. The Morgan fingerprint density at radius 3 is 2.31 bits per heavy atom. The number of nitrogens with zero attached hydrogens (tertiary/aromatic N) is 1. The highest BCUT2D eigenvalue weighted by Gasteiger charge is 2.69. The summed E-state index contributed by atoms with van der Waals surface area (Å²) >= 11 is 0. The summed E-state index contributed by atoms with van der Waals surface area (Å²) in [6.07, 6.45) is -3.94. The Hall–Kier alpha value is -2.84. The number of halogens is 3. The van der Waals surface area contributed by atoms with Crippen LogP contribution in [0.3, 0.4) is 0 Å². The lowest BCUT2D eigenvalue weighted by Gasteiger charge is -2.69. The first-order valence-corrected chi connectivity index (χ1v) is 7.92. The second kappa shape index (κ2) is 5.09. The second-order valence-corrected chi connectivity index (χ2v) is 7.08. The van der Waals surface area contributed by atoms with Crippen molar-refractivity contribution in [2.24, 2.45) is 0 Å². The summed E-state index contributed by atoms with van der Waals surface area (Å²) in [5, 5.41) is 14.4. The van der Waals surface area contributed by atoms with Crippen molar-refractivity contribution in [2.75, 3.05) is 0 Å². The fraction of sp³-hybridized carbons (Fsp3) is 0.353. The van der Waals surface area contributed by atoms with E-state index in [1.807, 2.05) is 0 Å². The molecule has 0 saturated heterocycles. The first kappa shape index (κ1) is 16.6. The SMILES string of the molecule is O=C(O)NC12CC(NC(=O)c3ccc4cc(C(F)(F)F)ccc4n3)(C1)C2. The molecule has 1 aromatic carbocycles. The van der Waals surface area contributed by atoms with Gasteiger partial charge in [-0.1, -0.05) is 6.07 Å². The molecule has 0 radical (unpaired) electrons. The maximum atomic E-state index is 12.7. The Morgan fingerprint density at radius 2 is 1.69 bits per heavy atom. The molecule has 6 nitrogen and oxygen atoms in total. The van der Waals surface area contributed by atoms with Crippen molar-refractivity contribution in [1.29, 1.82) is 0 Å². The molecule has 136 valence electrons. The van der Waals surface area contributed by atoms with Gasteiger partial charge in [-0.15, -0.1) is 0 Å². The number of alkyl halides is 3. The number of benzene rings is 1. The molecule has 0 unspecified atom stereocenters. The summed E-state index contributed by atoms with van der Waals surface area (Å²) in [5.74, 6) is -0.421. The summed E-state index contributed by atoms with van der Waals surface area (Å²) in [6.45, 7) is 0. The molecule has 3 aliphatic carbocycles. The van der Waals surface area contributed by atoms with Crippen molar-refractivity contribution >= 4 is 22.9 Å². The molecule has 0 spiro atoms. The number of carbonyl (C=O) groups excluding carboxylic acids is 1. The van der Waals surface area contributed by atoms with Gasteiger partial charge >= 0.3 is 12.3 Å². The first-order valence-electron chi connectivity index (χ1n) is 7.92. The van der Waals surface area contributed by atoms with Gasteiger partial charge in [-0.05, 0) is 43.5 Å². The van der Waals surface area contributed by atoms with E-state index in [1.165, 1.54) is 18.2 Å². The fourth-order valence-electron chi connectivity index (χ4n) is 4.01. The van der Waals surface area contributed by atoms with E-state index in [0.29, 0.717) is 30.2 Å². The minimum atomic E-state index is -4.44. The van der Waals surface area contributed by atoms with Gasteiger partial charge in [-0.25, -0.2) is 9.78 Å². The van der Waals surface area contributed by atoms with Crippen molar-refractivity contribution in [1.82, 2.24) is 15.6 Å². The van der Waals surface area contributed by atoms with Crippen LogP contribution < -0.4 is 10.6 Å². The summed E-state index contributed by atoms with van der Waals surface area (Å²) in [5.41, 5.74) is -1.22. The monoisotopic (exact) mass is 365 g/mol. The van der Waals surface area contributed by atoms with Gasteiger partial charge < -0.3 is 15.7 Å². The van der Waals surface area contributed by atoms with Gasteiger partial charge in [0.2, 0.25) is 0 Å². The zero-order valence-corrected chi connectivity index (χ0v) is 13.4. The van der Waals surface area contributed by atoms with Crippen molar-refractivity contribution < 1.29 is 27.9 Å². The molecule has 3 saturated carbocycles. The molecule has 9 heteroatoms. The second-order valence-electron chi connectivity index (χ2n) is 7.08. The van der Waals surface area contributed by atoms with Crippen LogP contribution in [0.1, 0.15) is 35.3 Å². The maximum absolute atomic E-state index is 12.7. The molecule has 26 heavy (non-hydrogen) atoms. The van der Waals surface area contributed by atoms with Crippen LogP contribution in [-0.2, 0) is 6.18 Å². The molecule has 0 atom stereocenters. The van der Waals surface area contributed by atoms with Gasteiger partial charge in [-0.2, -0.15) is 13.2 Å². The van der Waals surface area contributed by atoms with Crippen LogP contribution in [0.15, 0.2) is 30.3 Å². The molecule has 3 fully saturated rings. The van der Waals surface area contributed by atoms with E-state index in [9.17, 15) is 22.8 Å². The van der Waals surface area contributed by atoms with Crippen molar-refractivity contribution in [3.05, 3.63) is 41.6 Å². The number of hydrogen-bond acceptors (Lipinski definition) is 3. The van der Waals surface area contributed by atoms with E-state index in [-0.39, 0.29) is 5.69 Å². The third-order valence-corrected chi connectivity index (χ3v) is 5.03. The number of amides is 2. The van der Waals surface area contributed by atoms with Crippen molar-refractivity contribution in [2.45, 2.75) is 36.5 Å². The lowest BCUT2D eigenvalue weighted by Crippen LogP contribution is -2.83. The number of pyridine rings is 1. The van der Waals surface area contributed by atoms with Crippen LogP contribution in [-0.4, -0.2) is 33.2 Å². The van der Waals surface area contributed by atoms with E-state index in [1.54, 1.807) is 0 Å². The van der Waals surface area contributed by atoms with E-state index in [0.717, 1.165) is 12.1 Å². The predicted octanol–water partition coefficient (Wildman–Crippen LogP) is 2.93. The van der Waals surface area contributed by atoms with Crippen LogP contribution in [0.5, 0.6) is 0 Å². The highest BCUT2D eigenvalue weighted by Crippen LogP contribution is 2.60. The summed E-state index contributed by atoms with van der Waals surface area (Å²) in [4.78, 5) is 27.2. The van der Waals surface area contributed by atoms with Gasteiger partial charge in [0.25, 0.3) is 5.91 Å². The number of fused-ring (bicyclic) bond motifs is 1. The molecule has 0 aliphatic heterocycles. The zero-order chi connectivity index (χ0) is 18.7. The van der Waals surface area contributed by atoms with Crippen LogP contribution in [0.25, 0.3) is 10.9 Å². The average molecular weight is 365 g/mol. The van der Waals surface area contributed by atoms with E-state index in [2.05, 4.69) is 15.6 Å². The normalized spacial score (nSPS) is 26.6. The summed E-state index contributed by atoms with van der Waals surface area (Å²) in [7, 11) is 0. The lowest BCUT2D eigenvalue weighted by atomic mass is 9.44. The Kier molecular flexibility index (Phi) is 3.25. The van der Waals surface area contributed by atoms with E-state index >= 15 is 0 Å². The number of aromatic nitrogens is 1. The summed E-state index contributed by atoms with van der Waals surface area (Å²) in [6, 6.07) is 5.98. The van der Waals surface area contributed by atoms with Crippen LogP contribution in [0, 0.1) is 0 Å². The number of carbonyl (C=O) groups is 2. The quantitative estimate of drug-likeness (QED) is 0.780. The Morgan fingerprint density at radius 1 is 1.04 bits per heavy atom. The molecule has 5 rings (SSSR count). The minimum absolute atomic E-state index is 0.113. The number of nitrogens with one attached hydrogen (secondary N) is 2. The van der Waals surface area contributed by atoms with Crippen LogP contribution in [0.2, 0.25) is 0 Å². The summed E-state index contributed by atoms with van der Waals surface area (Å²) < 4.78 is 38.2. The molecule has 3 N–H and O–H groups in total. The van der Waals surface area contributed by atoms with Crippen LogP contribution in [0.4, 0.5) is 18.0 Å². The molecular formula is C17H14F3N3O3. The molecule has 1 heterocycles. The molecule has 2 amide bonds. The first-order chi connectivity index (χ1) is 12.1. The number of carboxylic acid groups (broad SMARTS) is 1. The third kappa shape index (κ3) is 2.63. The van der Waals surface area contributed by atoms with Gasteiger partial charge in [0.1, 0.15) is 5.69 Å². The Balaban J connectivity index is 1.48.